The molecule has 2 aromatic rings. The van der Waals surface area contributed by atoms with E-state index in [-0.39, 0.29) is 32.0 Å². The maximum absolute atomic E-state index is 14.5. The lowest BCUT2D eigenvalue weighted by atomic mass is 9.97. The minimum atomic E-state index is -1.42. The molecule has 10 heteroatoms. The molecule has 1 saturated heterocycles. The van der Waals surface area contributed by atoms with Gasteiger partial charge in [-0.05, 0) is 23.3 Å². The molecule has 0 radical (unpaired) electrons. The number of aromatic nitrogens is 2. The standard InChI is InChI=1S/C18H18FN5O4/c1-22-14-8-10(11-4-6-23(18(27)28)9-13(11)19)2-3-12(14)16(21-22)24-7-5-15(25)20-17(24)26/h2-4,8,13H,5-7,9H2,1H3,(H,27,28)(H,20,25,26). The molecule has 1 aromatic heterocycles. The first-order valence-corrected chi connectivity index (χ1v) is 8.75. The molecule has 146 valence electrons. The second kappa shape index (κ2) is 6.63. The molecule has 2 aliphatic rings. The molecule has 2 aliphatic heterocycles. The van der Waals surface area contributed by atoms with Gasteiger partial charge in [0, 0.05) is 31.9 Å². The maximum atomic E-state index is 14.5. The van der Waals surface area contributed by atoms with Crippen LogP contribution in [0.4, 0.5) is 19.8 Å². The van der Waals surface area contributed by atoms with Gasteiger partial charge in [0.05, 0.1) is 12.1 Å². The van der Waals surface area contributed by atoms with Crippen molar-refractivity contribution < 1.29 is 23.9 Å². The van der Waals surface area contributed by atoms with Crippen molar-refractivity contribution in [1.29, 1.82) is 0 Å². The minimum absolute atomic E-state index is 0.127. The van der Waals surface area contributed by atoms with Crippen LogP contribution in [0.2, 0.25) is 0 Å². The molecule has 3 heterocycles. The molecular formula is C18H18FN5O4. The van der Waals surface area contributed by atoms with Gasteiger partial charge >= 0.3 is 12.1 Å². The zero-order valence-electron chi connectivity index (χ0n) is 15.1. The molecule has 4 rings (SSSR count). The third kappa shape index (κ3) is 2.96. The van der Waals surface area contributed by atoms with Gasteiger partial charge in [0.25, 0.3) is 0 Å². The summed E-state index contributed by atoms with van der Waals surface area (Å²) in [4.78, 5) is 37.0. The fourth-order valence-electron chi connectivity index (χ4n) is 3.54. The van der Waals surface area contributed by atoms with Crippen LogP contribution in [0.25, 0.3) is 16.5 Å². The zero-order chi connectivity index (χ0) is 20.0. The number of nitrogens with zero attached hydrogens (tertiary/aromatic N) is 4. The van der Waals surface area contributed by atoms with E-state index in [0.29, 0.717) is 27.9 Å². The van der Waals surface area contributed by atoms with Crippen molar-refractivity contribution in [3.8, 4) is 0 Å². The van der Waals surface area contributed by atoms with Crippen LogP contribution >= 0.6 is 0 Å². The Kier molecular flexibility index (Phi) is 4.25. The van der Waals surface area contributed by atoms with Gasteiger partial charge < -0.3 is 10.0 Å². The van der Waals surface area contributed by atoms with E-state index in [4.69, 9.17) is 5.11 Å². The van der Waals surface area contributed by atoms with Gasteiger partial charge in [0.1, 0.15) is 6.17 Å². The highest BCUT2D eigenvalue weighted by Gasteiger charge is 2.29. The molecule has 28 heavy (non-hydrogen) atoms. The lowest BCUT2D eigenvalue weighted by molar-refractivity contribution is -0.120. The number of anilines is 1. The van der Waals surface area contributed by atoms with E-state index in [0.717, 1.165) is 4.90 Å². The van der Waals surface area contributed by atoms with Crippen molar-refractivity contribution in [2.45, 2.75) is 12.6 Å². The van der Waals surface area contributed by atoms with E-state index in [1.54, 1.807) is 36.0 Å². The predicted molar refractivity (Wildman–Crippen MR) is 98.7 cm³/mol. The highest BCUT2D eigenvalue weighted by molar-refractivity contribution is 6.09. The third-order valence-corrected chi connectivity index (χ3v) is 5.00. The van der Waals surface area contributed by atoms with E-state index in [9.17, 15) is 18.8 Å². The van der Waals surface area contributed by atoms with Crippen LogP contribution in [-0.4, -0.2) is 63.6 Å². The quantitative estimate of drug-likeness (QED) is 0.816. The number of urea groups is 1. The summed E-state index contributed by atoms with van der Waals surface area (Å²) in [7, 11) is 1.72. The Bertz CT molecular complexity index is 1030. The summed E-state index contributed by atoms with van der Waals surface area (Å²) in [5, 5.41) is 16.4. The Morgan fingerprint density at radius 3 is 2.82 bits per heavy atom. The van der Waals surface area contributed by atoms with Gasteiger partial charge in [0.2, 0.25) is 5.91 Å². The van der Waals surface area contributed by atoms with Crippen LogP contribution in [0.3, 0.4) is 0 Å². The number of benzene rings is 1. The van der Waals surface area contributed by atoms with E-state index >= 15 is 0 Å². The Labute approximate surface area is 159 Å². The highest BCUT2D eigenvalue weighted by atomic mass is 19.1. The van der Waals surface area contributed by atoms with Crippen LogP contribution in [0, 0.1) is 0 Å². The summed E-state index contributed by atoms with van der Waals surface area (Å²) in [5.74, 6) is 0.109. The Balaban J connectivity index is 1.70. The Morgan fingerprint density at radius 2 is 2.14 bits per heavy atom. The number of hydrogen-bond acceptors (Lipinski definition) is 4. The van der Waals surface area contributed by atoms with Crippen molar-refractivity contribution in [3.05, 3.63) is 29.8 Å². The molecule has 1 aromatic carbocycles. The largest absolute Gasteiger partial charge is 0.465 e. The number of amides is 4. The van der Waals surface area contributed by atoms with Crippen molar-refractivity contribution in [2.75, 3.05) is 24.5 Å². The Hall–Kier alpha value is -3.43. The van der Waals surface area contributed by atoms with Crippen LogP contribution in [0.5, 0.6) is 0 Å². The van der Waals surface area contributed by atoms with Crippen molar-refractivity contribution in [2.24, 2.45) is 7.05 Å². The van der Waals surface area contributed by atoms with Crippen molar-refractivity contribution in [3.63, 3.8) is 0 Å². The number of imide groups is 1. The summed E-state index contributed by atoms with van der Waals surface area (Å²) >= 11 is 0. The van der Waals surface area contributed by atoms with E-state index in [1.165, 1.54) is 4.90 Å². The number of alkyl halides is 1. The third-order valence-electron chi connectivity index (χ3n) is 5.00. The molecule has 1 unspecified atom stereocenters. The molecule has 0 saturated carbocycles. The molecule has 0 spiro atoms. The summed E-state index contributed by atoms with van der Waals surface area (Å²) < 4.78 is 16.1. The van der Waals surface area contributed by atoms with E-state index in [2.05, 4.69) is 10.4 Å². The number of carboxylic acid groups (broad SMARTS) is 1. The number of nitrogens with one attached hydrogen (secondary N) is 1. The lowest BCUT2D eigenvalue weighted by Crippen LogP contribution is -2.49. The van der Waals surface area contributed by atoms with Gasteiger partial charge in [-0.2, -0.15) is 5.10 Å². The monoisotopic (exact) mass is 387 g/mol. The predicted octanol–water partition coefficient (Wildman–Crippen LogP) is 1.73. The highest BCUT2D eigenvalue weighted by Crippen LogP contribution is 2.32. The topological polar surface area (TPSA) is 108 Å². The SMILES string of the molecule is Cn1nc(N2CCC(=O)NC2=O)c2ccc(C3=CCN(C(=O)O)CC3F)cc21. The van der Waals surface area contributed by atoms with Gasteiger partial charge in [-0.25, -0.2) is 14.0 Å². The summed E-state index contributed by atoms with van der Waals surface area (Å²) in [6.07, 6.45) is -0.806. The van der Waals surface area contributed by atoms with Gasteiger partial charge in [-0.3, -0.25) is 19.7 Å². The minimum Gasteiger partial charge on any atom is -0.465 e. The first kappa shape index (κ1) is 18.0. The lowest BCUT2D eigenvalue weighted by Gasteiger charge is -2.27. The normalized spacial score (nSPS) is 20.4. The second-order valence-corrected chi connectivity index (χ2v) is 6.75. The molecule has 1 fully saturated rings. The van der Waals surface area contributed by atoms with Gasteiger partial charge in [0.15, 0.2) is 5.82 Å². The number of hydrogen-bond donors (Lipinski definition) is 2. The molecular weight excluding hydrogens is 369 g/mol. The van der Waals surface area contributed by atoms with Gasteiger partial charge in [-0.15, -0.1) is 0 Å². The fourth-order valence-corrected chi connectivity index (χ4v) is 3.54. The smallest absolute Gasteiger partial charge is 0.407 e. The number of fused-ring (bicyclic) bond motifs is 1. The van der Waals surface area contributed by atoms with Crippen LogP contribution < -0.4 is 10.2 Å². The average Bonchev–Trinajstić information content (AvgIpc) is 2.97. The second-order valence-electron chi connectivity index (χ2n) is 6.75. The number of carbonyl (C=O) groups excluding carboxylic acids is 2. The van der Waals surface area contributed by atoms with Crippen LogP contribution in [0.15, 0.2) is 24.3 Å². The van der Waals surface area contributed by atoms with Crippen molar-refractivity contribution in [1.82, 2.24) is 20.0 Å². The molecule has 2 N–H and O–H groups in total. The molecule has 4 amide bonds. The summed E-state index contributed by atoms with van der Waals surface area (Å²) in [5.41, 5.74) is 1.77. The van der Waals surface area contributed by atoms with Crippen molar-refractivity contribution >= 4 is 40.3 Å². The molecule has 0 bridgehead atoms. The molecule has 1 atom stereocenters. The number of rotatable bonds is 2. The maximum Gasteiger partial charge on any atom is 0.407 e. The molecule has 0 aliphatic carbocycles. The van der Waals surface area contributed by atoms with E-state index < -0.39 is 18.3 Å². The Morgan fingerprint density at radius 1 is 1.36 bits per heavy atom. The summed E-state index contributed by atoms with van der Waals surface area (Å²) in [6.45, 7) is 0.154. The van der Waals surface area contributed by atoms with Crippen LogP contribution in [-0.2, 0) is 11.8 Å². The van der Waals surface area contributed by atoms with Crippen LogP contribution in [0.1, 0.15) is 12.0 Å². The number of halogens is 1. The fraction of sp³-hybridized carbons (Fsp3) is 0.333. The number of carbonyl (C=O) groups is 3. The average molecular weight is 387 g/mol. The first-order chi connectivity index (χ1) is 13.3. The van der Waals surface area contributed by atoms with Gasteiger partial charge in [-0.1, -0.05) is 12.1 Å². The zero-order valence-corrected chi connectivity index (χ0v) is 15.1. The first-order valence-electron chi connectivity index (χ1n) is 8.75. The molecule has 9 nitrogen and oxygen atoms in total. The van der Waals surface area contributed by atoms with E-state index in [1.807, 2.05) is 0 Å². The number of aryl methyl sites for hydroxylation is 1. The summed E-state index contributed by atoms with van der Waals surface area (Å²) in [6, 6.07) is 4.74.